The Bertz CT molecular complexity index is 771. The van der Waals surface area contributed by atoms with Crippen molar-refractivity contribution in [2.45, 2.75) is 39.9 Å². The van der Waals surface area contributed by atoms with E-state index in [2.05, 4.69) is 4.98 Å². The summed E-state index contributed by atoms with van der Waals surface area (Å²) in [7, 11) is 1.62. The number of rotatable bonds is 7. The molecule has 2 aromatic heterocycles. The molecule has 2 rings (SSSR count). The van der Waals surface area contributed by atoms with Crippen molar-refractivity contribution in [2.24, 2.45) is 5.73 Å². The second kappa shape index (κ2) is 6.89. The van der Waals surface area contributed by atoms with Gasteiger partial charge in [0.05, 0.1) is 0 Å². The van der Waals surface area contributed by atoms with Gasteiger partial charge in [-0.05, 0) is 20.3 Å². The first kappa shape index (κ1) is 16.4. The van der Waals surface area contributed by atoms with Gasteiger partial charge >= 0.3 is 5.69 Å². The molecule has 0 aliphatic heterocycles. The van der Waals surface area contributed by atoms with E-state index >= 15 is 0 Å². The fourth-order valence-electron chi connectivity index (χ4n) is 2.65. The van der Waals surface area contributed by atoms with Crippen LogP contribution in [-0.2, 0) is 24.4 Å². The summed E-state index contributed by atoms with van der Waals surface area (Å²) in [6, 6.07) is 0. The van der Waals surface area contributed by atoms with Gasteiger partial charge < -0.3 is 15.0 Å². The average molecular weight is 309 g/mol. The van der Waals surface area contributed by atoms with Crippen LogP contribution in [0.25, 0.3) is 11.2 Å². The third-order valence-corrected chi connectivity index (χ3v) is 3.70. The minimum absolute atomic E-state index is 0.306. The van der Waals surface area contributed by atoms with Crippen LogP contribution < -0.4 is 17.0 Å². The fraction of sp³-hybridized carbons (Fsp3) is 0.643. The highest BCUT2D eigenvalue weighted by Gasteiger charge is 2.18. The molecule has 0 aliphatic carbocycles. The Morgan fingerprint density at radius 1 is 1.18 bits per heavy atom. The molecule has 0 aromatic carbocycles. The van der Waals surface area contributed by atoms with Crippen molar-refractivity contribution in [1.82, 2.24) is 18.7 Å². The Hall–Kier alpha value is -1.93. The van der Waals surface area contributed by atoms with Crippen LogP contribution in [0.5, 0.6) is 0 Å². The van der Waals surface area contributed by atoms with Crippen molar-refractivity contribution in [2.75, 3.05) is 20.3 Å². The first-order valence-corrected chi connectivity index (χ1v) is 7.46. The smallest absolute Gasteiger partial charge is 0.332 e. The van der Waals surface area contributed by atoms with Crippen LogP contribution in [0.15, 0.2) is 9.59 Å². The summed E-state index contributed by atoms with van der Waals surface area (Å²) in [5.41, 5.74) is 5.87. The molecule has 0 unspecified atom stereocenters. The summed E-state index contributed by atoms with van der Waals surface area (Å²) >= 11 is 0. The molecule has 0 saturated carbocycles. The number of aromatic nitrogens is 4. The van der Waals surface area contributed by atoms with Gasteiger partial charge in [-0.1, -0.05) is 0 Å². The van der Waals surface area contributed by atoms with Gasteiger partial charge in [-0.15, -0.1) is 0 Å². The van der Waals surface area contributed by atoms with Crippen LogP contribution in [0.4, 0.5) is 0 Å². The third kappa shape index (κ3) is 2.71. The summed E-state index contributed by atoms with van der Waals surface area (Å²) in [4.78, 5) is 29.5. The molecule has 0 spiro atoms. The Morgan fingerprint density at radius 3 is 2.50 bits per heavy atom. The molecule has 8 nitrogen and oxygen atoms in total. The van der Waals surface area contributed by atoms with E-state index in [-0.39, 0.29) is 11.2 Å². The van der Waals surface area contributed by atoms with E-state index in [1.807, 2.05) is 6.92 Å². The number of hydrogen-bond donors (Lipinski definition) is 1. The molecule has 0 saturated heterocycles. The Balaban J connectivity index is 2.75. The number of nitrogens with zero attached hydrogens (tertiary/aromatic N) is 4. The van der Waals surface area contributed by atoms with E-state index in [9.17, 15) is 9.59 Å². The molecule has 0 bridgehead atoms. The molecule has 0 fully saturated rings. The van der Waals surface area contributed by atoms with Crippen LogP contribution in [0.1, 0.15) is 19.2 Å². The minimum Gasteiger partial charge on any atom is -0.385 e. The van der Waals surface area contributed by atoms with Crippen molar-refractivity contribution < 1.29 is 4.74 Å². The quantitative estimate of drug-likeness (QED) is 0.707. The van der Waals surface area contributed by atoms with E-state index in [4.69, 9.17) is 10.5 Å². The molecule has 2 heterocycles. The Labute approximate surface area is 128 Å². The first-order valence-electron chi connectivity index (χ1n) is 7.46. The maximum Gasteiger partial charge on any atom is 0.332 e. The van der Waals surface area contributed by atoms with Crippen molar-refractivity contribution in [3.05, 3.63) is 26.7 Å². The number of fused-ring (bicyclic) bond motifs is 1. The van der Waals surface area contributed by atoms with Gasteiger partial charge in [-0.3, -0.25) is 13.9 Å². The normalized spacial score (nSPS) is 11.5. The highest BCUT2D eigenvalue weighted by Crippen LogP contribution is 2.11. The predicted octanol–water partition coefficient (Wildman–Crippen LogP) is -0.317. The summed E-state index contributed by atoms with van der Waals surface area (Å²) in [5, 5.41) is 0. The van der Waals surface area contributed by atoms with Crippen LogP contribution in [0, 0.1) is 6.92 Å². The summed E-state index contributed by atoms with van der Waals surface area (Å²) in [6.07, 6.45) is 0.677. The van der Waals surface area contributed by atoms with Crippen molar-refractivity contribution in [1.29, 1.82) is 0 Å². The minimum atomic E-state index is -0.325. The second-order valence-corrected chi connectivity index (χ2v) is 5.10. The molecule has 2 N–H and O–H groups in total. The van der Waals surface area contributed by atoms with E-state index < -0.39 is 0 Å². The molecule has 122 valence electrons. The molecule has 0 atom stereocenters. The number of hydrogen-bond acceptors (Lipinski definition) is 5. The van der Waals surface area contributed by atoms with Gasteiger partial charge in [0.15, 0.2) is 11.2 Å². The standard InChI is InChI=1S/C14H23N5O3/c1-4-17-13(20)11-12(16-10(2)18(11)8-6-15)19(14(17)21)7-5-9-22-3/h4-9,15H2,1-3H3. The molecule has 8 heteroatoms. The molecule has 0 radical (unpaired) electrons. The molecular formula is C14H23N5O3. The van der Waals surface area contributed by atoms with Gasteiger partial charge in [0, 0.05) is 39.9 Å². The maximum absolute atomic E-state index is 12.6. The molecule has 2 aromatic rings. The summed E-state index contributed by atoms with van der Waals surface area (Å²) in [6.45, 7) is 5.83. The van der Waals surface area contributed by atoms with Gasteiger partial charge in [0.2, 0.25) is 0 Å². The van der Waals surface area contributed by atoms with Crippen molar-refractivity contribution in [3.63, 3.8) is 0 Å². The number of aryl methyl sites for hydroxylation is 2. The zero-order chi connectivity index (χ0) is 16.3. The lowest BCUT2D eigenvalue weighted by Gasteiger charge is -2.11. The number of imidazole rings is 1. The van der Waals surface area contributed by atoms with Gasteiger partial charge in [-0.25, -0.2) is 9.78 Å². The van der Waals surface area contributed by atoms with Crippen LogP contribution >= 0.6 is 0 Å². The lowest BCUT2D eigenvalue weighted by Crippen LogP contribution is -2.40. The largest absolute Gasteiger partial charge is 0.385 e. The van der Waals surface area contributed by atoms with Crippen molar-refractivity contribution in [3.8, 4) is 0 Å². The van der Waals surface area contributed by atoms with E-state index in [1.165, 1.54) is 4.57 Å². The summed E-state index contributed by atoms with van der Waals surface area (Å²) in [5.74, 6) is 0.686. The zero-order valence-electron chi connectivity index (χ0n) is 13.3. The van der Waals surface area contributed by atoms with Crippen LogP contribution in [0.3, 0.4) is 0 Å². The second-order valence-electron chi connectivity index (χ2n) is 5.10. The molecule has 0 amide bonds. The SMILES string of the molecule is CCn1c(=O)c2c(nc(C)n2CCN)n(CCCOC)c1=O. The summed E-state index contributed by atoms with van der Waals surface area (Å²) < 4.78 is 9.62. The van der Waals surface area contributed by atoms with Crippen LogP contribution in [-0.4, -0.2) is 38.9 Å². The van der Waals surface area contributed by atoms with Crippen LogP contribution in [0.2, 0.25) is 0 Å². The third-order valence-electron chi connectivity index (χ3n) is 3.70. The fourth-order valence-corrected chi connectivity index (χ4v) is 2.65. The Morgan fingerprint density at radius 2 is 1.91 bits per heavy atom. The number of methoxy groups -OCH3 is 1. The Kier molecular flexibility index (Phi) is 5.15. The van der Waals surface area contributed by atoms with E-state index in [1.54, 1.807) is 23.2 Å². The molecular weight excluding hydrogens is 286 g/mol. The molecule has 22 heavy (non-hydrogen) atoms. The van der Waals surface area contributed by atoms with E-state index in [0.717, 1.165) is 0 Å². The van der Waals surface area contributed by atoms with Gasteiger partial charge in [-0.2, -0.15) is 0 Å². The molecule has 0 aliphatic rings. The topological polar surface area (TPSA) is 97.1 Å². The lowest BCUT2D eigenvalue weighted by molar-refractivity contribution is 0.190. The highest BCUT2D eigenvalue weighted by molar-refractivity contribution is 5.71. The number of ether oxygens (including phenoxy) is 1. The monoisotopic (exact) mass is 309 g/mol. The predicted molar refractivity (Wildman–Crippen MR) is 84.2 cm³/mol. The zero-order valence-corrected chi connectivity index (χ0v) is 13.3. The van der Waals surface area contributed by atoms with Gasteiger partial charge in [0.1, 0.15) is 5.82 Å². The van der Waals surface area contributed by atoms with E-state index in [0.29, 0.717) is 56.2 Å². The lowest BCUT2D eigenvalue weighted by atomic mass is 10.4. The van der Waals surface area contributed by atoms with Gasteiger partial charge in [0.25, 0.3) is 5.56 Å². The first-order chi connectivity index (χ1) is 10.6. The number of nitrogens with two attached hydrogens (primary N) is 1. The average Bonchev–Trinajstić information content (AvgIpc) is 2.81. The van der Waals surface area contributed by atoms with Crippen molar-refractivity contribution >= 4 is 11.2 Å². The maximum atomic E-state index is 12.6. The highest BCUT2D eigenvalue weighted by atomic mass is 16.5.